The van der Waals surface area contributed by atoms with Gasteiger partial charge in [0.25, 0.3) is 5.91 Å². The van der Waals surface area contributed by atoms with Crippen LogP contribution < -0.4 is 5.32 Å². The van der Waals surface area contributed by atoms with Gasteiger partial charge in [-0.25, -0.2) is 0 Å². The van der Waals surface area contributed by atoms with Crippen LogP contribution in [0.2, 0.25) is 0 Å². The van der Waals surface area contributed by atoms with Gasteiger partial charge in [0.1, 0.15) is 13.2 Å². The first-order valence-electron chi connectivity index (χ1n) is 11.3. The molecule has 0 aliphatic carbocycles. The van der Waals surface area contributed by atoms with Crippen LogP contribution in [0.4, 0.5) is 0 Å². The Morgan fingerprint density at radius 3 is 2.67 bits per heavy atom. The molecule has 3 aromatic rings. The van der Waals surface area contributed by atoms with Crippen LogP contribution in [0.3, 0.4) is 0 Å². The number of nitrogens with one attached hydrogen (secondary N) is 1. The number of hydrogen-bond donors (Lipinski definition) is 1. The molecule has 33 heavy (non-hydrogen) atoms. The lowest BCUT2D eigenvalue weighted by Gasteiger charge is -2.22. The van der Waals surface area contributed by atoms with Crippen LogP contribution in [0.15, 0.2) is 64.3 Å². The van der Waals surface area contributed by atoms with Crippen LogP contribution in [0.1, 0.15) is 53.3 Å². The molecule has 1 N–H and O–H groups in total. The summed E-state index contributed by atoms with van der Waals surface area (Å²) in [5.41, 5.74) is 3.57. The Bertz CT molecular complexity index is 1120. The van der Waals surface area contributed by atoms with Crippen molar-refractivity contribution in [3.05, 3.63) is 71.9 Å². The van der Waals surface area contributed by atoms with E-state index in [1.807, 2.05) is 42.5 Å². The lowest BCUT2D eigenvalue weighted by Crippen LogP contribution is -2.32. The van der Waals surface area contributed by atoms with E-state index in [4.69, 9.17) is 9.36 Å². The van der Waals surface area contributed by atoms with Gasteiger partial charge < -0.3 is 19.6 Å². The summed E-state index contributed by atoms with van der Waals surface area (Å²) in [5, 5.41) is 11.7. The Hall–Kier alpha value is -3.52. The number of likely N-dealkylation sites (tertiary alicyclic amines) is 1. The topological polar surface area (TPSA) is 92.8 Å². The van der Waals surface area contributed by atoms with Gasteiger partial charge in [-0.2, -0.15) is 4.98 Å². The highest BCUT2D eigenvalue weighted by molar-refractivity contribution is 6.00. The summed E-state index contributed by atoms with van der Waals surface area (Å²) in [6.07, 6.45) is 2.62. The number of benzene rings is 2. The van der Waals surface area contributed by atoms with Gasteiger partial charge in [-0.1, -0.05) is 52.8 Å². The van der Waals surface area contributed by atoms with Crippen LogP contribution >= 0.6 is 0 Å². The molecule has 0 bridgehead atoms. The van der Waals surface area contributed by atoms with E-state index in [1.54, 1.807) is 4.90 Å². The predicted molar refractivity (Wildman–Crippen MR) is 124 cm³/mol. The third-order valence-electron chi connectivity index (χ3n) is 6.28. The van der Waals surface area contributed by atoms with Crippen LogP contribution in [0, 0.1) is 0 Å². The fraction of sp³-hybridized carbons (Fsp3) is 0.360. The Morgan fingerprint density at radius 1 is 1.15 bits per heavy atom. The summed E-state index contributed by atoms with van der Waals surface area (Å²) < 4.78 is 5.60. The highest BCUT2D eigenvalue weighted by Crippen LogP contribution is 2.32. The average molecular weight is 446 g/mol. The number of aromatic nitrogens is 2. The van der Waals surface area contributed by atoms with Gasteiger partial charge in [0.2, 0.25) is 5.89 Å². The van der Waals surface area contributed by atoms with Crippen molar-refractivity contribution >= 4 is 11.6 Å². The molecule has 2 aliphatic rings. The van der Waals surface area contributed by atoms with Crippen molar-refractivity contribution in [2.24, 2.45) is 5.16 Å². The molecule has 5 rings (SSSR count). The van der Waals surface area contributed by atoms with E-state index < -0.39 is 0 Å². The van der Waals surface area contributed by atoms with Crippen molar-refractivity contribution in [3.8, 4) is 11.1 Å². The van der Waals surface area contributed by atoms with Crippen LogP contribution in [0.5, 0.6) is 0 Å². The molecule has 1 aromatic heterocycles. The van der Waals surface area contributed by atoms with Gasteiger partial charge in [-0.15, -0.1) is 0 Å². The number of oxime groups is 1. The second-order valence-electron chi connectivity index (χ2n) is 8.47. The van der Waals surface area contributed by atoms with Gasteiger partial charge in [0.15, 0.2) is 5.82 Å². The van der Waals surface area contributed by atoms with E-state index in [2.05, 4.69) is 32.7 Å². The minimum absolute atomic E-state index is 0.0911. The first kappa shape index (κ1) is 21.3. The minimum atomic E-state index is -0.339. The van der Waals surface area contributed by atoms with E-state index in [0.29, 0.717) is 30.2 Å². The Balaban J connectivity index is 1.38. The number of carbonyl (C=O) groups is 1. The number of nitrogens with zero attached hydrogens (tertiary/aromatic N) is 4. The van der Waals surface area contributed by atoms with E-state index in [1.165, 1.54) is 7.11 Å². The van der Waals surface area contributed by atoms with Gasteiger partial charge in [0.05, 0.1) is 18.2 Å². The molecule has 2 atom stereocenters. The number of piperidine rings is 1. The smallest absolute Gasteiger partial charge is 0.254 e. The van der Waals surface area contributed by atoms with Crippen molar-refractivity contribution in [1.29, 1.82) is 0 Å². The zero-order valence-corrected chi connectivity index (χ0v) is 18.6. The summed E-state index contributed by atoms with van der Waals surface area (Å²) in [5.74, 6) is 1.27. The maximum Gasteiger partial charge on any atom is 0.254 e. The molecule has 0 unspecified atom stereocenters. The first-order valence-corrected chi connectivity index (χ1v) is 11.3. The van der Waals surface area contributed by atoms with Crippen LogP contribution in [-0.2, 0) is 4.84 Å². The average Bonchev–Trinajstić information content (AvgIpc) is 3.53. The van der Waals surface area contributed by atoms with E-state index in [-0.39, 0.29) is 17.9 Å². The third kappa shape index (κ3) is 4.52. The predicted octanol–water partition coefficient (Wildman–Crippen LogP) is 3.79. The molecule has 2 saturated heterocycles. The van der Waals surface area contributed by atoms with Crippen LogP contribution in [-0.4, -0.2) is 53.4 Å². The number of carbonyl (C=O) groups excluding carboxylic acids is 1. The molecular weight excluding hydrogens is 418 g/mol. The zero-order valence-electron chi connectivity index (χ0n) is 18.6. The molecule has 8 nitrogen and oxygen atoms in total. The summed E-state index contributed by atoms with van der Waals surface area (Å²) in [6.45, 7) is 2.22. The van der Waals surface area contributed by atoms with Gasteiger partial charge in [-0.3, -0.25) is 4.79 Å². The highest BCUT2D eigenvalue weighted by Gasteiger charge is 2.38. The maximum atomic E-state index is 13.5. The lowest BCUT2D eigenvalue weighted by atomic mass is 10.00. The second-order valence-corrected chi connectivity index (χ2v) is 8.47. The fourth-order valence-electron chi connectivity index (χ4n) is 4.56. The second kappa shape index (κ2) is 9.54. The molecule has 1 amide bonds. The molecule has 0 radical (unpaired) electrons. The van der Waals surface area contributed by atoms with Gasteiger partial charge in [0, 0.05) is 18.5 Å². The molecule has 2 fully saturated rings. The van der Waals surface area contributed by atoms with Crippen molar-refractivity contribution in [1.82, 2.24) is 20.4 Å². The maximum absolute atomic E-state index is 13.5. The lowest BCUT2D eigenvalue weighted by molar-refractivity contribution is 0.0732. The van der Waals surface area contributed by atoms with Crippen LogP contribution in [0.25, 0.3) is 11.1 Å². The SMILES string of the molecule is CO/N=C1\C[C@@H](c2noc([C@@H]3CCCNC3)n2)N(C(=O)c2ccc(-c3ccccc3)cc2)C1. The van der Waals surface area contributed by atoms with Gasteiger partial charge >= 0.3 is 0 Å². The molecule has 2 aromatic carbocycles. The van der Waals surface area contributed by atoms with E-state index >= 15 is 0 Å². The molecule has 3 heterocycles. The molecule has 2 aliphatic heterocycles. The zero-order chi connectivity index (χ0) is 22.6. The first-order chi connectivity index (χ1) is 16.2. The molecule has 0 saturated carbocycles. The summed E-state index contributed by atoms with van der Waals surface area (Å²) >= 11 is 0. The standard InChI is InChI=1S/C25H27N5O3/c1-32-28-21-14-22(23-27-24(33-29-23)20-8-5-13-26-15-20)30(16-21)25(31)19-11-9-18(10-12-19)17-6-3-2-4-7-17/h2-4,6-7,9-12,20,22,26H,5,8,13-16H2,1H3/b28-21+/t20-,22+/m1/s1. The van der Waals surface area contributed by atoms with Gasteiger partial charge in [-0.05, 0) is 42.6 Å². The number of rotatable bonds is 5. The molecule has 0 spiro atoms. The van der Waals surface area contributed by atoms with Crippen molar-refractivity contribution in [2.75, 3.05) is 26.7 Å². The quantitative estimate of drug-likeness (QED) is 0.601. The summed E-state index contributed by atoms with van der Waals surface area (Å²) in [4.78, 5) is 24.9. The van der Waals surface area contributed by atoms with E-state index in [9.17, 15) is 4.79 Å². The molecule has 170 valence electrons. The summed E-state index contributed by atoms with van der Waals surface area (Å²) in [6, 6.07) is 17.4. The fourth-order valence-corrected chi connectivity index (χ4v) is 4.56. The Morgan fingerprint density at radius 2 is 1.94 bits per heavy atom. The normalized spacial score (nSPS) is 22.0. The van der Waals surface area contributed by atoms with Crippen molar-refractivity contribution < 1.29 is 14.2 Å². The van der Waals surface area contributed by atoms with Crippen molar-refractivity contribution in [3.63, 3.8) is 0 Å². The third-order valence-corrected chi connectivity index (χ3v) is 6.28. The monoisotopic (exact) mass is 445 g/mol. The minimum Gasteiger partial charge on any atom is -0.399 e. The number of hydrogen-bond acceptors (Lipinski definition) is 7. The van der Waals surface area contributed by atoms with Crippen molar-refractivity contribution in [2.45, 2.75) is 31.2 Å². The Labute approximate surface area is 192 Å². The molecule has 8 heteroatoms. The largest absolute Gasteiger partial charge is 0.399 e. The number of amides is 1. The Kier molecular flexibility index (Phi) is 6.17. The summed E-state index contributed by atoms with van der Waals surface area (Å²) in [7, 11) is 1.51. The van der Waals surface area contributed by atoms with E-state index in [0.717, 1.165) is 42.8 Å². The highest BCUT2D eigenvalue weighted by atomic mass is 16.6. The molecular formula is C25H27N5O3.